The number of hydrogen-bond acceptors (Lipinski definition) is 3. The fraction of sp³-hybridized carbons (Fsp3) is 0.100. The molecule has 0 unspecified atom stereocenters. The first-order chi connectivity index (χ1) is 7.25. The van der Waals surface area contributed by atoms with Gasteiger partial charge in [0.05, 0.1) is 5.56 Å². The Bertz CT molecular complexity index is 463. The van der Waals surface area contributed by atoms with Gasteiger partial charge in [0.2, 0.25) is 5.95 Å². The van der Waals surface area contributed by atoms with E-state index in [4.69, 9.17) is 0 Å². The average molecular weight is 202 g/mol. The Labute approximate surface area is 86.8 Å². The Morgan fingerprint density at radius 2 is 2.13 bits per heavy atom. The highest BCUT2D eigenvalue weighted by molar-refractivity contribution is 6.03. The van der Waals surface area contributed by atoms with E-state index in [-0.39, 0.29) is 5.91 Å². The van der Waals surface area contributed by atoms with Crippen molar-refractivity contribution in [3.63, 3.8) is 0 Å². The molecule has 1 N–H and O–H groups in total. The van der Waals surface area contributed by atoms with E-state index in [0.717, 1.165) is 0 Å². The van der Waals surface area contributed by atoms with Gasteiger partial charge in [-0.25, -0.2) is 9.97 Å². The number of carbonyl (C=O) groups is 1. The van der Waals surface area contributed by atoms with Crippen molar-refractivity contribution in [2.45, 2.75) is 0 Å². The minimum Gasteiger partial charge on any atom is -0.356 e. The molecule has 5 nitrogen and oxygen atoms in total. The lowest BCUT2D eigenvalue weighted by Crippen LogP contribution is -2.13. The SMILES string of the molecule is Cn1ccc(C(=O)Nc2ncccn2)c1. The van der Waals surface area contributed by atoms with E-state index in [1.165, 1.54) is 0 Å². The zero-order valence-electron chi connectivity index (χ0n) is 8.21. The van der Waals surface area contributed by atoms with Crippen LogP contribution in [0.3, 0.4) is 0 Å². The Morgan fingerprint density at radius 1 is 1.40 bits per heavy atom. The van der Waals surface area contributed by atoms with Crippen LogP contribution in [0.2, 0.25) is 0 Å². The molecule has 0 radical (unpaired) electrons. The van der Waals surface area contributed by atoms with Gasteiger partial charge in [0, 0.05) is 31.8 Å². The third-order valence-corrected chi connectivity index (χ3v) is 1.89. The number of aryl methyl sites for hydroxylation is 1. The Morgan fingerprint density at radius 3 is 2.73 bits per heavy atom. The van der Waals surface area contributed by atoms with Crippen LogP contribution >= 0.6 is 0 Å². The molecular formula is C10H10N4O. The molecule has 5 heteroatoms. The van der Waals surface area contributed by atoms with Gasteiger partial charge in [0.25, 0.3) is 5.91 Å². The topological polar surface area (TPSA) is 59.8 Å². The summed E-state index contributed by atoms with van der Waals surface area (Å²) in [6.45, 7) is 0. The van der Waals surface area contributed by atoms with Gasteiger partial charge >= 0.3 is 0 Å². The highest BCUT2D eigenvalue weighted by Crippen LogP contribution is 2.03. The minimum atomic E-state index is -0.207. The summed E-state index contributed by atoms with van der Waals surface area (Å²) >= 11 is 0. The summed E-state index contributed by atoms with van der Waals surface area (Å²) in [6.07, 6.45) is 6.69. The first kappa shape index (κ1) is 9.39. The van der Waals surface area contributed by atoms with Gasteiger partial charge in [-0.3, -0.25) is 10.1 Å². The predicted molar refractivity (Wildman–Crippen MR) is 55.4 cm³/mol. The molecule has 0 spiro atoms. The van der Waals surface area contributed by atoms with Crippen LogP contribution in [0.25, 0.3) is 0 Å². The lowest BCUT2D eigenvalue weighted by molar-refractivity contribution is 0.102. The lowest BCUT2D eigenvalue weighted by Gasteiger charge is -1.99. The summed E-state index contributed by atoms with van der Waals surface area (Å²) < 4.78 is 1.81. The third-order valence-electron chi connectivity index (χ3n) is 1.89. The van der Waals surface area contributed by atoms with E-state index in [9.17, 15) is 4.79 Å². The predicted octanol–water partition coefficient (Wildman–Crippen LogP) is 1.07. The Balaban J connectivity index is 2.11. The molecule has 0 aliphatic heterocycles. The van der Waals surface area contributed by atoms with Crippen molar-refractivity contribution >= 4 is 11.9 Å². The van der Waals surface area contributed by atoms with E-state index >= 15 is 0 Å². The molecule has 0 aromatic carbocycles. The number of nitrogens with zero attached hydrogens (tertiary/aromatic N) is 3. The summed E-state index contributed by atoms with van der Waals surface area (Å²) in [5.74, 6) is 0.105. The van der Waals surface area contributed by atoms with Crippen molar-refractivity contribution in [2.75, 3.05) is 5.32 Å². The maximum absolute atomic E-state index is 11.6. The Hall–Kier alpha value is -2.17. The van der Waals surface area contributed by atoms with Gasteiger partial charge in [-0.2, -0.15) is 0 Å². The van der Waals surface area contributed by atoms with Crippen molar-refractivity contribution in [2.24, 2.45) is 7.05 Å². The van der Waals surface area contributed by atoms with Crippen molar-refractivity contribution in [3.05, 3.63) is 42.5 Å². The third kappa shape index (κ3) is 2.19. The zero-order valence-corrected chi connectivity index (χ0v) is 8.21. The number of rotatable bonds is 2. The second kappa shape index (κ2) is 3.91. The lowest BCUT2D eigenvalue weighted by atomic mass is 10.3. The fourth-order valence-electron chi connectivity index (χ4n) is 1.17. The summed E-state index contributed by atoms with van der Waals surface area (Å²) in [6, 6.07) is 3.43. The van der Waals surface area contributed by atoms with Gasteiger partial charge in [0.1, 0.15) is 0 Å². The molecule has 0 atom stereocenters. The van der Waals surface area contributed by atoms with Crippen molar-refractivity contribution < 1.29 is 4.79 Å². The van der Waals surface area contributed by atoms with Crippen molar-refractivity contribution in [1.82, 2.24) is 14.5 Å². The average Bonchev–Trinajstić information content (AvgIpc) is 2.66. The quantitative estimate of drug-likeness (QED) is 0.792. The van der Waals surface area contributed by atoms with Crippen molar-refractivity contribution in [1.29, 1.82) is 0 Å². The molecule has 2 rings (SSSR count). The maximum Gasteiger partial charge on any atom is 0.259 e. The van der Waals surface area contributed by atoms with Crippen LogP contribution in [0, 0.1) is 0 Å². The molecule has 2 aromatic heterocycles. The van der Waals surface area contributed by atoms with Crippen molar-refractivity contribution in [3.8, 4) is 0 Å². The molecule has 0 aliphatic carbocycles. The second-order valence-electron chi connectivity index (χ2n) is 3.09. The summed E-state index contributed by atoms with van der Waals surface area (Å²) in [5.41, 5.74) is 0.588. The number of aromatic nitrogens is 3. The van der Waals surface area contributed by atoms with E-state index in [2.05, 4.69) is 15.3 Å². The molecule has 0 aliphatic rings. The number of hydrogen-bond donors (Lipinski definition) is 1. The smallest absolute Gasteiger partial charge is 0.259 e. The molecule has 15 heavy (non-hydrogen) atoms. The van der Waals surface area contributed by atoms with Crippen LogP contribution < -0.4 is 5.32 Å². The van der Waals surface area contributed by atoms with Gasteiger partial charge in [-0.15, -0.1) is 0 Å². The molecule has 76 valence electrons. The maximum atomic E-state index is 11.6. The zero-order chi connectivity index (χ0) is 10.7. The fourth-order valence-corrected chi connectivity index (χ4v) is 1.17. The molecule has 2 aromatic rings. The van der Waals surface area contributed by atoms with Gasteiger partial charge in [-0.05, 0) is 12.1 Å². The number of amides is 1. The van der Waals surface area contributed by atoms with Crippen LogP contribution in [-0.4, -0.2) is 20.4 Å². The molecule has 2 heterocycles. The summed E-state index contributed by atoms with van der Waals surface area (Å²) in [7, 11) is 1.86. The molecule has 0 bridgehead atoms. The van der Waals surface area contributed by atoms with Crippen LogP contribution in [0.4, 0.5) is 5.95 Å². The molecule has 0 fully saturated rings. The number of carbonyl (C=O) groups excluding carboxylic acids is 1. The van der Waals surface area contributed by atoms with Gasteiger partial charge < -0.3 is 4.57 Å². The van der Waals surface area contributed by atoms with Gasteiger partial charge in [0.15, 0.2) is 0 Å². The highest BCUT2D eigenvalue weighted by atomic mass is 16.1. The number of anilines is 1. The molecule has 0 saturated carbocycles. The second-order valence-corrected chi connectivity index (χ2v) is 3.09. The largest absolute Gasteiger partial charge is 0.356 e. The van der Waals surface area contributed by atoms with E-state index in [1.54, 1.807) is 41.5 Å². The highest BCUT2D eigenvalue weighted by Gasteiger charge is 2.07. The molecule has 0 saturated heterocycles. The standard InChI is InChI=1S/C10H10N4O/c1-14-6-3-8(7-14)9(15)13-10-11-4-2-5-12-10/h2-7H,1H3,(H,11,12,13,15). The molecular weight excluding hydrogens is 192 g/mol. The van der Waals surface area contributed by atoms with Gasteiger partial charge in [-0.1, -0.05) is 0 Å². The Kier molecular flexibility index (Phi) is 2.45. The van der Waals surface area contributed by atoms with E-state index in [1.807, 2.05) is 7.05 Å². The van der Waals surface area contributed by atoms with E-state index in [0.29, 0.717) is 11.5 Å². The van der Waals surface area contributed by atoms with Crippen LogP contribution in [0.15, 0.2) is 36.9 Å². The summed E-state index contributed by atoms with van der Waals surface area (Å²) in [4.78, 5) is 19.4. The number of nitrogens with one attached hydrogen (secondary N) is 1. The first-order valence-electron chi connectivity index (χ1n) is 4.46. The molecule has 1 amide bonds. The monoisotopic (exact) mass is 202 g/mol. The van der Waals surface area contributed by atoms with Crippen LogP contribution in [-0.2, 0) is 7.05 Å². The summed E-state index contributed by atoms with van der Waals surface area (Å²) in [5, 5.41) is 2.60. The van der Waals surface area contributed by atoms with Crippen LogP contribution in [0.5, 0.6) is 0 Å². The minimum absolute atomic E-state index is 0.207. The first-order valence-corrected chi connectivity index (χ1v) is 4.46. The van der Waals surface area contributed by atoms with E-state index < -0.39 is 0 Å². The van der Waals surface area contributed by atoms with Crippen LogP contribution in [0.1, 0.15) is 10.4 Å². The normalized spacial score (nSPS) is 9.93.